The first kappa shape index (κ1) is 29.9. The second kappa shape index (κ2) is 11.2. The molecule has 0 aliphatic heterocycles. The van der Waals surface area contributed by atoms with Gasteiger partial charge in [0.15, 0.2) is 10.8 Å². The Balaban J connectivity index is 2.02. The first-order valence-electron chi connectivity index (χ1n) is 13.8. The van der Waals surface area contributed by atoms with E-state index in [1.807, 2.05) is 26.0 Å². The molecular weight excluding hydrogens is 599 g/mol. The summed E-state index contributed by atoms with van der Waals surface area (Å²) in [6.45, 7) is 7.18. The SMILES string of the molecule is CCOC(=O)C1(C#N)C2C(c3cc(Cl)sc3C)=C(c3cc(Cl)sc3C)C(C2=C2CCCCC2)C1(C#N)C(=O)OCC. The molecule has 0 N–H and O–H groups in total. The van der Waals surface area contributed by atoms with E-state index in [0.717, 1.165) is 75.3 Å². The molecular formula is C31H30Cl2N2O4S2. The number of carbonyl (C=O) groups is 2. The van der Waals surface area contributed by atoms with E-state index in [4.69, 9.17) is 32.7 Å². The van der Waals surface area contributed by atoms with Crippen molar-refractivity contribution in [2.75, 3.05) is 13.2 Å². The van der Waals surface area contributed by atoms with Crippen LogP contribution in [-0.2, 0) is 19.1 Å². The second-order valence-corrected chi connectivity index (χ2v) is 14.4. The lowest BCUT2D eigenvalue weighted by Crippen LogP contribution is -2.56. The molecule has 5 rings (SSSR count). The molecule has 6 nitrogen and oxygen atoms in total. The van der Waals surface area contributed by atoms with E-state index in [1.165, 1.54) is 22.7 Å². The number of hydrogen-bond donors (Lipinski definition) is 0. The molecule has 2 aromatic rings. The monoisotopic (exact) mass is 628 g/mol. The first-order valence-corrected chi connectivity index (χ1v) is 16.2. The van der Waals surface area contributed by atoms with Crippen LogP contribution < -0.4 is 0 Å². The lowest BCUT2D eigenvalue weighted by molar-refractivity contribution is -0.171. The summed E-state index contributed by atoms with van der Waals surface area (Å²) in [7, 11) is 0. The van der Waals surface area contributed by atoms with Gasteiger partial charge in [-0.2, -0.15) is 10.5 Å². The summed E-state index contributed by atoms with van der Waals surface area (Å²) in [5.41, 5.74) is 0.667. The molecule has 2 fully saturated rings. The Kier molecular flexibility index (Phi) is 8.18. The number of esters is 2. The fraction of sp³-hybridized carbons (Fsp3) is 0.484. The van der Waals surface area contributed by atoms with Gasteiger partial charge in [-0.15, -0.1) is 22.7 Å². The van der Waals surface area contributed by atoms with E-state index < -0.39 is 34.6 Å². The molecule has 41 heavy (non-hydrogen) atoms. The fourth-order valence-electron chi connectivity index (χ4n) is 7.29. The predicted octanol–water partition coefficient (Wildman–Crippen LogP) is 8.31. The van der Waals surface area contributed by atoms with Crippen molar-refractivity contribution in [3.63, 3.8) is 0 Å². The van der Waals surface area contributed by atoms with Gasteiger partial charge in [0, 0.05) is 21.6 Å². The normalized spacial score (nSPS) is 27.1. The minimum Gasteiger partial charge on any atom is -0.465 e. The topological polar surface area (TPSA) is 100 Å². The molecule has 4 unspecified atom stereocenters. The van der Waals surface area contributed by atoms with Crippen molar-refractivity contribution in [3.05, 3.63) is 52.8 Å². The van der Waals surface area contributed by atoms with Crippen LogP contribution in [0.15, 0.2) is 23.3 Å². The number of hydrogen-bond acceptors (Lipinski definition) is 8. The van der Waals surface area contributed by atoms with Crippen LogP contribution in [0, 0.1) is 59.2 Å². The van der Waals surface area contributed by atoms with Crippen molar-refractivity contribution in [1.29, 1.82) is 10.5 Å². The molecule has 0 aromatic carbocycles. The molecule has 2 heterocycles. The molecule has 2 saturated carbocycles. The van der Waals surface area contributed by atoms with Crippen LogP contribution in [0.4, 0.5) is 0 Å². The van der Waals surface area contributed by atoms with Crippen LogP contribution in [0.25, 0.3) is 11.1 Å². The molecule has 2 bridgehead atoms. The minimum atomic E-state index is -2.16. The maximum Gasteiger partial charge on any atom is 0.329 e. The molecule has 2 aromatic heterocycles. The predicted molar refractivity (Wildman–Crippen MR) is 161 cm³/mol. The van der Waals surface area contributed by atoms with Gasteiger partial charge in [0.25, 0.3) is 0 Å². The zero-order chi connectivity index (χ0) is 29.7. The third kappa shape index (κ3) is 4.13. The summed E-state index contributed by atoms with van der Waals surface area (Å²) in [5, 5.41) is 22.2. The lowest BCUT2D eigenvalue weighted by Gasteiger charge is -2.42. The number of nitrogens with zero attached hydrogens (tertiary/aromatic N) is 2. The Morgan fingerprint density at radius 2 is 1.27 bits per heavy atom. The Bertz CT molecular complexity index is 1480. The van der Waals surface area contributed by atoms with Crippen molar-refractivity contribution in [3.8, 4) is 12.1 Å². The molecule has 4 atom stereocenters. The molecule has 0 saturated heterocycles. The molecule has 3 aliphatic carbocycles. The van der Waals surface area contributed by atoms with E-state index in [2.05, 4.69) is 12.1 Å². The third-order valence-electron chi connectivity index (χ3n) is 8.75. The number of allylic oxidation sites excluding steroid dienone is 4. The largest absolute Gasteiger partial charge is 0.465 e. The van der Waals surface area contributed by atoms with Gasteiger partial charge in [0.05, 0.1) is 34.0 Å². The van der Waals surface area contributed by atoms with Crippen LogP contribution in [0.3, 0.4) is 0 Å². The standard InChI is InChI=1S/C31H30Cl2N2O4S2/c1-5-38-28(36)30(14-34)26-23(18-10-8-7-9-11-18)27(31(30,15-35)29(37)39-6-2)25(20-13-22(33)41-17(20)4)24(26)19-12-21(32)40-16(19)3/h12-13,26-27H,5-11H2,1-4H3. The van der Waals surface area contributed by atoms with Crippen molar-refractivity contribution in [2.45, 2.75) is 59.8 Å². The molecule has 0 amide bonds. The number of fused-ring (bicyclic) bond motifs is 2. The summed E-state index contributed by atoms with van der Waals surface area (Å²) in [4.78, 5) is 30.2. The zero-order valence-electron chi connectivity index (χ0n) is 23.4. The summed E-state index contributed by atoms with van der Waals surface area (Å²) >= 11 is 15.9. The highest BCUT2D eigenvalue weighted by Gasteiger charge is 2.82. The number of halogens is 2. The summed E-state index contributed by atoms with van der Waals surface area (Å²) in [6, 6.07) is 8.20. The summed E-state index contributed by atoms with van der Waals surface area (Å²) in [5.74, 6) is -3.56. The second-order valence-electron chi connectivity index (χ2n) is 10.6. The highest BCUT2D eigenvalue weighted by Crippen LogP contribution is 2.76. The van der Waals surface area contributed by atoms with Crippen LogP contribution >= 0.6 is 45.9 Å². The van der Waals surface area contributed by atoms with Crippen molar-refractivity contribution >= 4 is 69.0 Å². The third-order valence-corrected chi connectivity index (χ3v) is 11.1. The molecule has 3 aliphatic rings. The van der Waals surface area contributed by atoms with Gasteiger partial charge in [-0.25, -0.2) is 0 Å². The minimum absolute atomic E-state index is 0.00958. The van der Waals surface area contributed by atoms with E-state index in [-0.39, 0.29) is 13.2 Å². The average molecular weight is 630 g/mol. The number of thiophene rings is 2. The number of nitriles is 2. The Morgan fingerprint density at radius 1 is 0.854 bits per heavy atom. The van der Waals surface area contributed by atoms with E-state index in [0.29, 0.717) is 8.67 Å². The van der Waals surface area contributed by atoms with Gasteiger partial charge in [-0.05, 0) is 87.8 Å². The summed E-state index contributed by atoms with van der Waals surface area (Å²) < 4.78 is 12.3. The van der Waals surface area contributed by atoms with Gasteiger partial charge in [0.1, 0.15) is 0 Å². The maximum atomic E-state index is 14.2. The molecule has 0 spiro atoms. The number of ether oxygens (including phenoxy) is 2. The van der Waals surface area contributed by atoms with Gasteiger partial charge >= 0.3 is 11.9 Å². The van der Waals surface area contributed by atoms with Gasteiger partial charge in [0.2, 0.25) is 0 Å². The molecule has 10 heteroatoms. The molecule has 214 valence electrons. The highest BCUT2D eigenvalue weighted by molar-refractivity contribution is 7.16. The maximum absolute atomic E-state index is 14.2. The quantitative estimate of drug-likeness (QED) is 0.235. The van der Waals surface area contributed by atoms with E-state index >= 15 is 0 Å². The number of aryl methyl sites for hydroxylation is 2. The smallest absolute Gasteiger partial charge is 0.329 e. The fourth-order valence-corrected chi connectivity index (χ4v) is 9.70. The van der Waals surface area contributed by atoms with Crippen LogP contribution in [0.5, 0.6) is 0 Å². The lowest BCUT2D eigenvalue weighted by atomic mass is 9.54. The van der Waals surface area contributed by atoms with Gasteiger partial charge in [-0.3, -0.25) is 9.59 Å². The Hall–Kier alpha value is -2.62. The average Bonchev–Trinajstić information content (AvgIpc) is 3.65. The number of carbonyl (C=O) groups excluding carboxylic acids is 2. The van der Waals surface area contributed by atoms with Crippen LogP contribution in [0.2, 0.25) is 8.67 Å². The first-order chi connectivity index (χ1) is 19.6. The van der Waals surface area contributed by atoms with E-state index in [1.54, 1.807) is 13.8 Å². The van der Waals surface area contributed by atoms with Crippen molar-refractivity contribution < 1.29 is 19.1 Å². The van der Waals surface area contributed by atoms with Crippen LogP contribution in [0.1, 0.15) is 66.8 Å². The van der Waals surface area contributed by atoms with Gasteiger partial charge < -0.3 is 9.47 Å². The molecule has 0 radical (unpaired) electrons. The van der Waals surface area contributed by atoms with Crippen LogP contribution in [-0.4, -0.2) is 25.2 Å². The summed E-state index contributed by atoms with van der Waals surface area (Å²) in [6.07, 6.45) is 4.51. The Morgan fingerprint density at radius 3 is 1.59 bits per heavy atom. The van der Waals surface area contributed by atoms with Crippen molar-refractivity contribution in [2.24, 2.45) is 22.7 Å². The zero-order valence-corrected chi connectivity index (χ0v) is 26.5. The van der Waals surface area contributed by atoms with Crippen molar-refractivity contribution in [1.82, 2.24) is 0 Å². The highest BCUT2D eigenvalue weighted by atomic mass is 35.5. The Labute approximate surface area is 258 Å². The number of rotatable bonds is 6. The van der Waals surface area contributed by atoms with E-state index in [9.17, 15) is 20.1 Å². The van der Waals surface area contributed by atoms with Gasteiger partial charge in [-0.1, -0.05) is 40.8 Å².